The number of esters is 1. The third-order valence-corrected chi connectivity index (χ3v) is 6.69. The first-order valence-electron chi connectivity index (χ1n) is 12.0. The van der Waals surface area contributed by atoms with Gasteiger partial charge in [0.1, 0.15) is 5.75 Å². The van der Waals surface area contributed by atoms with Crippen LogP contribution in [0.25, 0.3) is 0 Å². The van der Waals surface area contributed by atoms with Crippen LogP contribution in [0.4, 0.5) is 23.7 Å². The van der Waals surface area contributed by atoms with E-state index in [-0.39, 0.29) is 23.2 Å². The Morgan fingerprint density at radius 3 is 2.03 bits per heavy atom. The molecule has 0 spiro atoms. The molecule has 0 aliphatic heterocycles. The van der Waals surface area contributed by atoms with Gasteiger partial charge >= 0.3 is 18.4 Å². The number of rotatable bonds is 6. The van der Waals surface area contributed by atoms with E-state index in [1.54, 1.807) is 29.2 Å². The van der Waals surface area contributed by atoms with Crippen molar-refractivity contribution in [3.8, 4) is 5.75 Å². The molecule has 1 saturated carbocycles. The second kappa shape index (κ2) is 11.2. The topological polar surface area (TPSA) is 67.9 Å². The highest BCUT2D eigenvalue weighted by molar-refractivity contribution is 5.90. The molecule has 6 nitrogen and oxygen atoms in total. The number of alkyl halides is 3. The minimum absolute atomic E-state index is 0.0109. The van der Waals surface area contributed by atoms with Crippen LogP contribution in [-0.2, 0) is 11.3 Å². The summed E-state index contributed by atoms with van der Waals surface area (Å²) in [4.78, 5) is 26.9. The number of hydrogen-bond acceptors (Lipinski definition) is 4. The number of hydrogen-bond donors (Lipinski definition) is 1. The van der Waals surface area contributed by atoms with E-state index in [9.17, 15) is 22.8 Å². The molecule has 0 unspecified atom stereocenters. The summed E-state index contributed by atoms with van der Waals surface area (Å²) in [5, 5.41) is 2.81. The van der Waals surface area contributed by atoms with Crippen LogP contribution in [0.15, 0.2) is 48.5 Å². The second-order valence-electron chi connectivity index (χ2n) is 10.2. The minimum atomic E-state index is -4.78. The van der Waals surface area contributed by atoms with Crippen LogP contribution in [0.2, 0.25) is 0 Å². The SMILES string of the molecule is COC(=O)c1ccc(CN(C(=O)Nc2ccc(OC(F)(F)F)cc2)[C@H]2CC[C@H](C(C)(C)C)CC2)cc1. The number of carbonyl (C=O) groups is 2. The van der Waals surface area contributed by atoms with Gasteiger partial charge in [-0.1, -0.05) is 32.9 Å². The highest BCUT2D eigenvalue weighted by atomic mass is 19.4. The van der Waals surface area contributed by atoms with E-state index in [4.69, 9.17) is 4.74 Å². The van der Waals surface area contributed by atoms with Gasteiger partial charge in [-0.15, -0.1) is 13.2 Å². The number of methoxy groups -OCH3 is 1. The summed E-state index contributed by atoms with van der Waals surface area (Å²) < 4.78 is 46.0. The third kappa shape index (κ3) is 7.63. The van der Waals surface area contributed by atoms with E-state index in [1.165, 1.54) is 19.2 Å². The Hall–Kier alpha value is -3.23. The summed E-state index contributed by atoms with van der Waals surface area (Å²) in [6.07, 6.45) is -1.07. The molecule has 1 fully saturated rings. The standard InChI is InChI=1S/C27H33F3N2O4/c1-26(2,3)20-9-13-22(14-10-20)32(17-18-5-7-19(8-6-18)24(33)35-4)25(34)31-21-11-15-23(16-12-21)36-27(28,29)30/h5-8,11-12,15-16,20,22H,9-10,13-14,17H2,1-4H3,(H,31,34)/t20-,22-. The molecule has 0 bridgehead atoms. The largest absolute Gasteiger partial charge is 0.573 e. The third-order valence-electron chi connectivity index (χ3n) is 6.69. The van der Waals surface area contributed by atoms with E-state index in [1.807, 2.05) is 0 Å². The first-order valence-corrected chi connectivity index (χ1v) is 12.0. The van der Waals surface area contributed by atoms with E-state index in [0.717, 1.165) is 43.4 Å². The van der Waals surface area contributed by atoms with Crippen molar-refractivity contribution < 1.29 is 32.2 Å². The Kier molecular flexibility index (Phi) is 8.53. The van der Waals surface area contributed by atoms with Gasteiger partial charge in [-0.25, -0.2) is 9.59 Å². The van der Waals surface area contributed by atoms with Gasteiger partial charge in [0.2, 0.25) is 0 Å². The molecular weight excluding hydrogens is 473 g/mol. The van der Waals surface area contributed by atoms with Crippen LogP contribution in [0.5, 0.6) is 5.75 Å². The Bertz CT molecular complexity index is 1020. The van der Waals surface area contributed by atoms with Gasteiger partial charge in [0, 0.05) is 18.3 Å². The average Bonchev–Trinajstić information content (AvgIpc) is 2.82. The quantitative estimate of drug-likeness (QED) is 0.428. The fourth-order valence-corrected chi connectivity index (χ4v) is 4.62. The molecule has 2 aromatic rings. The lowest BCUT2D eigenvalue weighted by Crippen LogP contribution is -2.45. The number of carbonyl (C=O) groups excluding carboxylic acids is 2. The Morgan fingerprint density at radius 2 is 1.53 bits per heavy atom. The number of nitrogens with zero attached hydrogens (tertiary/aromatic N) is 1. The van der Waals surface area contributed by atoms with Crippen molar-refractivity contribution in [2.45, 2.75) is 65.4 Å². The smallest absolute Gasteiger partial charge is 0.465 e. The first-order chi connectivity index (χ1) is 16.9. The van der Waals surface area contributed by atoms with Crippen molar-refractivity contribution in [2.24, 2.45) is 11.3 Å². The highest BCUT2D eigenvalue weighted by Gasteiger charge is 2.34. The monoisotopic (exact) mass is 506 g/mol. The summed E-state index contributed by atoms with van der Waals surface area (Å²) in [7, 11) is 1.32. The molecule has 2 aromatic carbocycles. The Morgan fingerprint density at radius 1 is 0.944 bits per heavy atom. The molecule has 0 aromatic heterocycles. The van der Waals surface area contributed by atoms with Gasteiger partial charge in [0.15, 0.2) is 0 Å². The average molecular weight is 507 g/mol. The Labute approximate surface area is 209 Å². The molecule has 9 heteroatoms. The fraction of sp³-hybridized carbons (Fsp3) is 0.481. The van der Waals surface area contributed by atoms with Crippen molar-refractivity contribution in [3.63, 3.8) is 0 Å². The molecule has 0 atom stereocenters. The van der Waals surface area contributed by atoms with Gasteiger partial charge in [0.05, 0.1) is 12.7 Å². The number of urea groups is 1. The van der Waals surface area contributed by atoms with Crippen molar-refractivity contribution in [1.82, 2.24) is 4.90 Å². The minimum Gasteiger partial charge on any atom is -0.465 e. The number of amides is 2. The maximum Gasteiger partial charge on any atom is 0.573 e. The highest BCUT2D eigenvalue weighted by Crippen LogP contribution is 2.39. The molecule has 1 aliphatic rings. The first kappa shape index (κ1) is 27.4. The van der Waals surface area contributed by atoms with Gasteiger partial charge in [-0.05, 0) is 79.0 Å². The van der Waals surface area contributed by atoms with Crippen LogP contribution >= 0.6 is 0 Å². The lowest BCUT2D eigenvalue weighted by Gasteiger charge is -2.41. The number of halogens is 3. The summed E-state index contributed by atoms with van der Waals surface area (Å²) in [6, 6.07) is 11.6. The summed E-state index contributed by atoms with van der Waals surface area (Å²) in [5.41, 5.74) is 1.83. The van der Waals surface area contributed by atoms with Crippen LogP contribution in [0, 0.1) is 11.3 Å². The number of ether oxygens (including phenoxy) is 2. The number of anilines is 1. The summed E-state index contributed by atoms with van der Waals surface area (Å²) in [6.45, 7) is 7.03. The molecule has 0 radical (unpaired) electrons. The zero-order valence-corrected chi connectivity index (χ0v) is 21.0. The predicted molar refractivity (Wildman–Crippen MR) is 131 cm³/mol. The maximum atomic E-state index is 13.4. The predicted octanol–water partition coefficient (Wildman–Crippen LogP) is 7.01. The lowest BCUT2D eigenvalue weighted by atomic mass is 9.71. The van der Waals surface area contributed by atoms with Crippen molar-refractivity contribution in [1.29, 1.82) is 0 Å². The van der Waals surface area contributed by atoms with Gasteiger partial charge in [-0.3, -0.25) is 0 Å². The van der Waals surface area contributed by atoms with Gasteiger partial charge in [-0.2, -0.15) is 0 Å². The fourth-order valence-electron chi connectivity index (χ4n) is 4.62. The van der Waals surface area contributed by atoms with E-state index >= 15 is 0 Å². The molecule has 2 amide bonds. The molecule has 0 saturated heterocycles. The zero-order chi connectivity index (χ0) is 26.5. The zero-order valence-electron chi connectivity index (χ0n) is 21.0. The lowest BCUT2D eigenvalue weighted by molar-refractivity contribution is -0.274. The molecule has 1 aliphatic carbocycles. The Balaban J connectivity index is 1.75. The van der Waals surface area contributed by atoms with Crippen molar-refractivity contribution in [3.05, 3.63) is 59.7 Å². The number of nitrogens with one attached hydrogen (secondary N) is 1. The molecule has 0 heterocycles. The van der Waals surface area contributed by atoms with Gasteiger partial charge in [0.25, 0.3) is 0 Å². The van der Waals surface area contributed by atoms with E-state index in [0.29, 0.717) is 23.7 Å². The van der Waals surface area contributed by atoms with Crippen LogP contribution in [-0.4, -0.2) is 36.4 Å². The van der Waals surface area contributed by atoms with E-state index in [2.05, 4.69) is 30.8 Å². The molecule has 36 heavy (non-hydrogen) atoms. The number of benzene rings is 2. The van der Waals surface area contributed by atoms with Crippen LogP contribution < -0.4 is 10.1 Å². The van der Waals surface area contributed by atoms with Crippen LogP contribution in [0.3, 0.4) is 0 Å². The second-order valence-corrected chi connectivity index (χ2v) is 10.2. The van der Waals surface area contributed by atoms with Crippen LogP contribution in [0.1, 0.15) is 62.4 Å². The van der Waals surface area contributed by atoms with Gasteiger partial charge < -0.3 is 19.7 Å². The van der Waals surface area contributed by atoms with Crippen molar-refractivity contribution in [2.75, 3.05) is 12.4 Å². The molecule has 196 valence electrons. The molecular formula is C27H33F3N2O4. The van der Waals surface area contributed by atoms with Crippen molar-refractivity contribution >= 4 is 17.7 Å². The molecule has 1 N–H and O–H groups in total. The summed E-state index contributed by atoms with van der Waals surface area (Å²) in [5.74, 6) is -0.225. The summed E-state index contributed by atoms with van der Waals surface area (Å²) >= 11 is 0. The molecule has 3 rings (SSSR count). The maximum absolute atomic E-state index is 13.4. The normalized spacial score (nSPS) is 18.3. The van der Waals surface area contributed by atoms with E-state index < -0.39 is 12.3 Å².